The Hall–Kier alpha value is -1.81. The van der Waals surface area contributed by atoms with E-state index in [9.17, 15) is 4.79 Å². The number of pyridine rings is 1. The van der Waals surface area contributed by atoms with E-state index in [1.54, 1.807) is 17.8 Å². The first-order chi connectivity index (χ1) is 9.06. The zero-order chi connectivity index (χ0) is 13.8. The van der Waals surface area contributed by atoms with E-state index in [1.807, 2.05) is 6.07 Å². The van der Waals surface area contributed by atoms with Crippen LogP contribution < -0.4 is 0 Å². The zero-order valence-corrected chi connectivity index (χ0v) is 11.7. The largest absolute Gasteiger partial charge is 0.477 e. The highest BCUT2D eigenvalue weighted by Crippen LogP contribution is 2.24. The Balaban J connectivity index is 2.07. The second-order valence-electron chi connectivity index (χ2n) is 4.39. The molecule has 19 heavy (non-hydrogen) atoms. The van der Waals surface area contributed by atoms with Crippen LogP contribution in [0.5, 0.6) is 0 Å². The van der Waals surface area contributed by atoms with E-state index in [1.165, 1.54) is 22.9 Å². The maximum Gasteiger partial charge on any atom is 0.354 e. The smallest absolute Gasteiger partial charge is 0.354 e. The molecule has 0 unspecified atom stereocenters. The lowest BCUT2D eigenvalue weighted by Gasteiger charge is -2.05. The Kier molecular flexibility index (Phi) is 4.22. The van der Waals surface area contributed by atoms with Crippen molar-refractivity contribution in [1.82, 2.24) is 4.98 Å². The second kappa shape index (κ2) is 5.89. The first-order valence-corrected chi connectivity index (χ1v) is 6.93. The van der Waals surface area contributed by atoms with Gasteiger partial charge in [0.1, 0.15) is 5.69 Å². The van der Waals surface area contributed by atoms with Crippen molar-refractivity contribution in [2.45, 2.75) is 24.5 Å². The number of hydrogen-bond acceptors (Lipinski definition) is 3. The van der Waals surface area contributed by atoms with E-state index in [0.717, 1.165) is 10.6 Å². The average molecular weight is 273 g/mol. The molecule has 3 nitrogen and oxygen atoms in total. The Morgan fingerprint density at radius 2 is 2.00 bits per heavy atom. The Bertz CT molecular complexity index is 611. The maximum absolute atomic E-state index is 10.8. The molecule has 0 aliphatic carbocycles. The zero-order valence-electron chi connectivity index (χ0n) is 10.9. The molecule has 1 heterocycles. The number of aromatic nitrogens is 1. The quantitative estimate of drug-likeness (QED) is 0.863. The molecule has 0 spiro atoms. The van der Waals surface area contributed by atoms with Crippen LogP contribution in [0.3, 0.4) is 0 Å². The fourth-order valence-electron chi connectivity index (χ4n) is 1.68. The summed E-state index contributed by atoms with van der Waals surface area (Å²) in [6.07, 6.45) is 1.53. The van der Waals surface area contributed by atoms with Gasteiger partial charge in [-0.2, -0.15) is 0 Å². The van der Waals surface area contributed by atoms with Crippen LogP contribution in [-0.2, 0) is 5.75 Å². The first kappa shape index (κ1) is 13.6. The number of carbonyl (C=O) groups is 1. The van der Waals surface area contributed by atoms with E-state index in [2.05, 4.69) is 37.0 Å². The maximum atomic E-state index is 10.8. The van der Waals surface area contributed by atoms with E-state index >= 15 is 0 Å². The molecule has 0 aliphatic rings. The van der Waals surface area contributed by atoms with Gasteiger partial charge in [0, 0.05) is 16.8 Å². The van der Waals surface area contributed by atoms with Crippen LogP contribution >= 0.6 is 11.8 Å². The van der Waals surface area contributed by atoms with Gasteiger partial charge in [0.05, 0.1) is 0 Å². The van der Waals surface area contributed by atoms with Crippen molar-refractivity contribution in [2.24, 2.45) is 0 Å². The highest BCUT2D eigenvalue weighted by Gasteiger charge is 2.05. The van der Waals surface area contributed by atoms with Crippen LogP contribution in [0, 0.1) is 13.8 Å². The highest BCUT2D eigenvalue weighted by molar-refractivity contribution is 7.98. The van der Waals surface area contributed by atoms with Gasteiger partial charge >= 0.3 is 5.97 Å². The molecule has 4 heteroatoms. The molecule has 0 radical (unpaired) electrons. The minimum atomic E-state index is -0.992. The number of hydrogen-bond donors (Lipinski definition) is 1. The van der Waals surface area contributed by atoms with Crippen LogP contribution in [0.1, 0.15) is 27.2 Å². The minimum Gasteiger partial charge on any atom is -0.477 e. The normalized spacial score (nSPS) is 10.4. The topological polar surface area (TPSA) is 50.2 Å². The molecule has 1 aromatic heterocycles. The standard InChI is InChI=1S/C15H15NO2S/c1-10-3-4-12(7-11(10)2)9-19-13-5-6-16-14(8-13)15(17)18/h3-8H,9H2,1-2H3,(H,17,18). The predicted octanol–water partition coefficient (Wildman–Crippen LogP) is 3.69. The van der Waals surface area contributed by atoms with Gasteiger partial charge in [-0.3, -0.25) is 0 Å². The number of thioether (sulfide) groups is 1. The first-order valence-electron chi connectivity index (χ1n) is 5.94. The third-order valence-electron chi connectivity index (χ3n) is 2.93. The number of rotatable bonds is 4. The van der Waals surface area contributed by atoms with E-state index in [0.29, 0.717) is 0 Å². The summed E-state index contributed by atoms with van der Waals surface area (Å²) in [6, 6.07) is 9.82. The Morgan fingerprint density at radius 1 is 1.21 bits per heavy atom. The molecular formula is C15H15NO2S. The van der Waals surface area contributed by atoms with Gasteiger partial charge < -0.3 is 5.11 Å². The fourth-order valence-corrected chi connectivity index (χ4v) is 2.54. The lowest BCUT2D eigenvalue weighted by atomic mass is 10.1. The van der Waals surface area contributed by atoms with Gasteiger partial charge in [-0.1, -0.05) is 18.2 Å². The molecule has 0 fully saturated rings. The van der Waals surface area contributed by atoms with Gasteiger partial charge in [0.15, 0.2) is 0 Å². The number of aryl methyl sites for hydroxylation is 2. The van der Waals surface area contributed by atoms with Crippen LogP contribution in [0.25, 0.3) is 0 Å². The van der Waals surface area contributed by atoms with Crippen LogP contribution in [-0.4, -0.2) is 16.1 Å². The number of carboxylic acids is 1. The third kappa shape index (κ3) is 3.58. The van der Waals surface area contributed by atoms with Crippen molar-refractivity contribution in [3.8, 4) is 0 Å². The molecule has 98 valence electrons. The van der Waals surface area contributed by atoms with Crippen molar-refractivity contribution in [3.05, 3.63) is 58.9 Å². The number of carboxylic acid groups (broad SMARTS) is 1. The van der Waals surface area contributed by atoms with Gasteiger partial charge in [-0.05, 0) is 42.7 Å². The molecule has 2 aromatic rings. The molecule has 0 atom stereocenters. The summed E-state index contributed by atoms with van der Waals surface area (Å²) in [5.74, 6) is -0.168. The lowest BCUT2D eigenvalue weighted by Crippen LogP contribution is -1.99. The summed E-state index contributed by atoms with van der Waals surface area (Å²) in [6.45, 7) is 4.19. The van der Waals surface area contributed by atoms with Gasteiger partial charge in [-0.15, -0.1) is 11.8 Å². The van der Waals surface area contributed by atoms with Crippen molar-refractivity contribution < 1.29 is 9.90 Å². The molecule has 1 aromatic carbocycles. The van der Waals surface area contributed by atoms with Gasteiger partial charge in [0.25, 0.3) is 0 Å². The molecule has 1 N–H and O–H groups in total. The summed E-state index contributed by atoms with van der Waals surface area (Å²) >= 11 is 1.62. The van der Waals surface area contributed by atoms with E-state index in [4.69, 9.17) is 5.11 Å². The van der Waals surface area contributed by atoms with Crippen LogP contribution in [0.2, 0.25) is 0 Å². The van der Waals surface area contributed by atoms with Crippen LogP contribution in [0.4, 0.5) is 0 Å². The fraction of sp³-hybridized carbons (Fsp3) is 0.200. The summed E-state index contributed by atoms with van der Waals surface area (Å²) in [7, 11) is 0. The Morgan fingerprint density at radius 3 is 2.68 bits per heavy atom. The van der Waals surface area contributed by atoms with E-state index < -0.39 is 5.97 Å². The van der Waals surface area contributed by atoms with Crippen LogP contribution in [0.15, 0.2) is 41.4 Å². The predicted molar refractivity (Wildman–Crippen MR) is 76.7 cm³/mol. The number of aromatic carboxylic acids is 1. The Labute approximate surface area is 116 Å². The number of benzene rings is 1. The summed E-state index contributed by atoms with van der Waals surface area (Å²) in [5, 5.41) is 8.89. The third-order valence-corrected chi connectivity index (χ3v) is 3.99. The summed E-state index contributed by atoms with van der Waals surface area (Å²) < 4.78 is 0. The summed E-state index contributed by atoms with van der Waals surface area (Å²) in [4.78, 5) is 15.6. The van der Waals surface area contributed by atoms with Gasteiger partial charge in [0.2, 0.25) is 0 Å². The summed E-state index contributed by atoms with van der Waals surface area (Å²) in [5.41, 5.74) is 3.89. The molecular weight excluding hydrogens is 258 g/mol. The highest BCUT2D eigenvalue weighted by atomic mass is 32.2. The lowest BCUT2D eigenvalue weighted by molar-refractivity contribution is 0.0690. The van der Waals surface area contributed by atoms with Crippen molar-refractivity contribution in [1.29, 1.82) is 0 Å². The van der Waals surface area contributed by atoms with Crippen molar-refractivity contribution in [3.63, 3.8) is 0 Å². The van der Waals surface area contributed by atoms with Crippen molar-refractivity contribution >= 4 is 17.7 Å². The number of nitrogens with zero attached hydrogens (tertiary/aromatic N) is 1. The molecule has 2 rings (SSSR count). The van der Waals surface area contributed by atoms with Crippen molar-refractivity contribution in [2.75, 3.05) is 0 Å². The van der Waals surface area contributed by atoms with Gasteiger partial charge in [-0.25, -0.2) is 9.78 Å². The molecule has 0 amide bonds. The van der Waals surface area contributed by atoms with E-state index in [-0.39, 0.29) is 5.69 Å². The minimum absolute atomic E-state index is 0.0880. The SMILES string of the molecule is Cc1ccc(CSc2ccnc(C(=O)O)c2)cc1C. The second-order valence-corrected chi connectivity index (χ2v) is 5.44. The molecule has 0 saturated heterocycles. The monoisotopic (exact) mass is 273 g/mol. The molecule has 0 saturated carbocycles. The average Bonchev–Trinajstić information content (AvgIpc) is 2.40. The molecule has 0 bridgehead atoms. The molecule has 0 aliphatic heterocycles.